The van der Waals surface area contributed by atoms with Crippen LogP contribution in [0, 0.1) is 0 Å². The van der Waals surface area contributed by atoms with Gasteiger partial charge in [-0.25, -0.2) is 16.8 Å². The highest BCUT2D eigenvalue weighted by Crippen LogP contribution is 2.36. The van der Waals surface area contributed by atoms with E-state index >= 15 is 0 Å². The van der Waals surface area contributed by atoms with Crippen molar-refractivity contribution < 1.29 is 54.7 Å². The van der Waals surface area contributed by atoms with Crippen molar-refractivity contribution in [2.45, 2.75) is 124 Å². The molecule has 68 heavy (non-hydrogen) atoms. The average Bonchev–Trinajstić information content (AvgIpc) is 4.12. The highest BCUT2D eigenvalue weighted by atomic mass is 35.5. The van der Waals surface area contributed by atoms with Gasteiger partial charge in [0.1, 0.15) is 47.6 Å². The first kappa shape index (κ1) is 55.7. The topological polar surface area (TPSA) is 229 Å². The lowest BCUT2D eigenvalue weighted by Gasteiger charge is -2.25. The minimum Gasteiger partial charge on any atom is -0.382 e. The molecule has 2 aliphatic heterocycles. The number of nitrogens with zero attached hydrogens (tertiary/aromatic N) is 8. The van der Waals surface area contributed by atoms with E-state index in [-0.39, 0.29) is 48.0 Å². The molecule has 0 amide bonds. The van der Waals surface area contributed by atoms with E-state index in [1.807, 2.05) is 23.0 Å². The van der Waals surface area contributed by atoms with Crippen LogP contribution >= 0.6 is 23.2 Å². The summed E-state index contributed by atoms with van der Waals surface area (Å²) < 4.78 is 102. The number of halogens is 2. The fraction of sp³-hybridized carbons (Fsp3) is 0.682. The third-order valence-electron chi connectivity index (χ3n) is 12.0. The molecule has 2 aliphatic rings. The molecular weight excluding hydrogens is 968 g/mol. The molecule has 4 aromatic rings. The van der Waals surface area contributed by atoms with Crippen molar-refractivity contribution >= 4 is 42.9 Å². The molecule has 0 radical (unpaired) electrons. The lowest BCUT2D eigenvalue weighted by atomic mass is 10.2. The summed E-state index contributed by atoms with van der Waals surface area (Å²) in [6, 6.07) is 6.01. The van der Waals surface area contributed by atoms with Gasteiger partial charge in [0.15, 0.2) is 31.3 Å². The van der Waals surface area contributed by atoms with E-state index in [2.05, 4.69) is 30.4 Å². The van der Waals surface area contributed by atoms with Crippen LogP contribution in [-0.2, 0) is 69.1 Å². The standard InChI is InChI=1S/2C22H33ClN4O6S/c2*1-14-6-9-19(33-14)22-26-25-20(27(22)17(11-30-3)12-31-4)13-34(28,29)15(2)21(32-5)18-8-7-16(23)10-24-18/h2*7-8,10,14-15,17,19,21H,6,9,11-13H2,1-5H3/t14-,15+,19-,21+;14-,15-,19-,21-/m10/s1. The molecule has 6 heterocycles. The van der Waals surface area contributed by atoms with Crippen LogP contribution in [0.1, 0.15) is 125 Å². The molecule has 380 valence electrons. The van der Waals surface area contributed by atoms with E-state index in [1.165, 1.54) is 26.6 Å². The van der Waals surface area contributed by atoms with Crippen LogP contribution in [-0.4, -0.2) is 148 Å². The molecule has 0 spiro atoms. The molecule has 24 heteroatoms. The number of aromatic nitrogens is 8. The van der Waals surface area contributed by atoms with Crippen molar-refractivity contribution in [3.05, 3.63) is 81.4 Å². The number of hydrogen-bond acceptors (Lipinski definition) is 18. The summed E-state index contributed by atoms with van der Waals surface area (Å²) in [7, 11) is 1.79. The smallest absolute Gasteiger partial charge is 0.163 e. The maximum Gasteiger partial charge on any atom is 0.163 e. The highest BCUT2D eigenvalue weighted by molar-refractivity contribution is 7.91. The van der Waals surface area contributed by atoms with Gasteiger partial charge in [-0.05, 0) is 77.6 Å². The van der Waals surface area contributed by atoms with Crippen LogP contribution in [0.5, 0.6) is 0 Å². The van der Waals surface area contributed by atoms with Crippen molar-refractivity contribution in [1.29, 1.82) is 0 Å². The molecule has 2 saturated heterocycles. The van der Waals surface area contributed by atoms with E-state index in [4.69, 9.17) is 61.1 Å². The van der Waals surface area contributed by atoms with Crippen LogP contribution in [0.3, 0.4) is 0 Å². The molecule has 20 nitrogen and oxygen atoms in total. The third kappa shape index (κ3) is 14.0. The quantitative estimate of drug-likeness (QED) is 0.0762. The largest absolute Gasteiger partial charge is 0.382 e. The SMILES string of the molecule is COCC(COC)n1c(CS(=O)(=O)[C@@H](C)[C@H](OC)c2ccc(Cl)cn2)nnc1[C@@H]1CC[C@H](C)O1.COCC(COC)n1c(CS(=O)(=O)[C@@H](C)[C@H](OC)c2ccc(Cl)cn2)nnc1[C@H]1CC[C@@H](C)O1. The van der Waals surface area contributed by atoms with Crippen LogP contribution in [0.15, 0.2) is 36.7 Å². The normalized spacial score (nSPS) is 20.7. The van der Waals surface area contributed by atoms with Crippen molar-refractivity contribution in [1.82, 2.24) is 39.5 Å². The third-order valence-corrected chi connectivity index (χ3v) is 16.6. The summed E-state index contributed by atoms with van der Waals surface area (Å²) in [6.07, 6.45) is 4.40. The molecule has 0 unspecified atom stereocenters. The average molecular weight is 1030 g/mol. The lowest BCUT2D eigenvalue weighted by Crippen LogP contribution is -2.31. The second-order valence-corrected chi connectivity index (χ2v) is 22.6. The Morgan fingerprint density at radius 1 is 0.588 bits per heavy atom. The number of sulfone groups is 2. The number of pyridine rings is 2. The van der Waals surface area contributed by atoms with Gasteiger partial charge in [0, 0.05) is 55.1 Å². The van der Waals surface area contributed by atoms with Crippen molar-refractivity contribution in [2.24, 2.45) is 0 Å². The molecule has 0 saturated carbocycles. The number of hydrogen-bond donors (Lipinski definition) is 0. The Morgan fingerprint density at radius 2 is 0.941 bits per heavy atom. The Morgan fingerprint density at radius 3 is 1.21 bits per heavy atom. The minimum absolute atomic E-state index is 0.0972. The molecule has 2 fully saturated rings. The van der Waals surface area contributed by atoms with Crippen LogP contribution < -0.4 is 0 Å². The summed E-state index contributed by atoms with van der Waals surface area (Å²) >= 11 is 11.9. The van der Waals surface area contributed by atoms with Crippen LogP contribution in [0.4, 0.5) is 0 Å². The van der Waals surface area contributed by atoms with E-state index in [1.54, 1.807) is 66.6 Å². The Balaban J connectivity index is 0.000000254. The zero-order valence-corrected chi connectivity index (χ0v) is 43.5. The van der Waals surface area contributed by atoms with Crippen LogP contribution in [0.2, 0.25) is 10.0 Å². The molecule has 6 rings (SSSR count). The van der Waals surface area contributed by atoms with Gasteiger partial charge < -0.3 is 47.0 Å². The van der Waals surface area contributed by atoms with Gasteiger partial charge in [0.05, 0.1) is 82.7 Å². The predicted octanol–water partition coefficient (Wildman–Crippen LogP) is 6.18. The van der Waals surface area contributed by atoms with E-state index < -0.39 is 42.4 Å². The maximum atomic E-state index is 13.5. The van der Waals surface area contributed by atoms with Crippen LogP contribution in [0.25, 0.3) is 0 Å². The van der Waals surface area contributed by atoms with E-state index in [0.29, 0.717) is 71.2 Å². The molecule has 4 aromatic heterocycles. The number of ether oxygens (including phenoxy) is 8. The zero-order chi connectivity index (χ0) is 49.8. The molecule has 0 bridgehead atoms. The molecule has 8 atom stereocenters. The summed E-state index contributed by atoms with van der Waals surface area (Å²) in [4.78, 5) is 8.49. The van der Waals surface area contributed by atoms with Gasteiger partial charge in [-0.15, -0.1) is 20.4 Å². The Kier molecular flexibility index (Phi) is 21.1. The molecule has 0 aromatic carbocycles. The first-order valence-electron chi connectivity index (χ1n) is 22.3. The van der Waals surface area contributed by atoms with Crippen molar-refractivity contribution in [3.8, 4) is 0 Å². The molecule has 0 aliphatic carbocycles. The second kappa shape index (κ2) is 25.7. The summed E-state index contributed by atoms with van der Waals surface area (Å²) in [5.41, 5.74) is 0.963. The van der Waals surface area contributed by atoms with Gasteiger partial charge in [-0.3, -0.25) is 9.97 Å². The lowest BCUT2D eigenvalue weighted by molar-refractivity contribution is 0.0397. The van der Waals surface area contributed by atoms with E-state index in [0.717, 1.165) is 25.7 Å². The predicted molar refractivity (Wildman–Crippen MR) is 253 cm³/mol. The van der Waals surface area contributed by atoms with Gasteiger partial charge in [0.2, 0.25) is 0 Å². The number of methoxy groups -OCH3 is 6. The summed E-state index contributed by atoms with van der Waals surface area (Å²) in [5, 5.41) is 16.4. The van der Waals surface area contributed by atoms with E-state index in [9.17, 15) is 16.8 Å². The molecule has 0 N–H and O–H groups in total. The second-order valence-electron chi connectivity index (χ2n) is 17.0. The van der Waals surface area contributed by atoms with Crippen molar-refractivity contribution in [2.75, 3.05) is 69.1 Å². The van der Waals surface area contributed by atoms with Gasteiger partial charge in [-0.1, -0.05) is 23.2 Å². The first-order valence-corrected chi connectivity index (χ1v) is 26.5. The monoisotopic (exact) mass is 1030 g/mol. The number of rotatable bonds is 24. The van der Waals surface area contributed by atoms with Crippen molar-refractivity contribution in [3.63, 3.8) is 0 Å². The van der Waals surface area contributed by atoms with Gasteiger partial charge in [-0.2, -0.15) is 0 Å². The Hall–Kier alpha value is -3.26. The zero-order valence-electron chi connectivity index (χ0n) is 40.4. The van der Waals surface area contributed by atoms with Gasteiger partial charge in [0.25, 0.3) is 0 Å². The minimum atomic E-state index is -3.73. The Bertz CT molecular complexity index is 2220. The maximum absolute atomic E-state index is 13.5. The fourth-order valence-electron chi connectivity index (χ4n) is 8.47. The molecular formula is C44H66Cl2N8O12S2. The Labute approximate surface area is 409 Å². The summed E-state index contributed by atoms with van der Waals surface area (Å²) in [5.74, 6) is 1.13. The highest BCUT2D eigenvalue weighted by Gasteiger charge is 2.39. The fourth-order valence-corrected chi connectivity index (χ4v) is 11.6. The van der Waals surface area contributed by atoms with Gasteiger partial charge >= 0.3 is 0 Å². The summed E-state index contributed by atoms with van der Waals surface area (Å²) in [6.45, 7) is 8.43. The first-order chi connectivity index (χ1) is 32.4.